The molecule has 1 nitrogen and oxygen atoms in total. The van der Waals surface area contributed by atoms with Crippen molar-refractivity contribution in [2.24, 2.45) is 16.7 Å². The number of rotatable bonds is 2. The number of allylic oxidation sites excluding steroid dienone is 1. The zero-order valence-electron chi connectivity index (χ0n) is 12.3. The van der Waals surface area contributed by atoms with Crippen LogP contribution in [0.2, 0.25) is 0 Å². The van der Waals surface area contributed by atoms with E-state index in [1.165, 1.54) is 12.0 Å². The Bertz CT molecular complexity index is 368. The van der Waals surface area contributed by atoms with E-state index >= 15 is 0 Å². The Morgan fingerprint density at radius 3 is 2.61 bits per heavy atom. The minimum absolute atomic E-state index is 0.0295. The molecule has 0 aromatic heterocycles. The van der Waals surface area contributed by atoms with Crippen LogP contribution in [0.1, 0.15) is 59.3 Å². The summed E-state index contributed by atoms with van der Waals surface area (Å²) in [6.07, 6.45) is 8.18. The Morgan fingerprint density at radius 1 is 1.33 bits per heavy atom. The van der Waals surface area contributed by atoms with Gasteiger partial charge in [0.15, 0.2) is 0 Å². The van der Waals surface area contributed by atoms with Crippen LogP contribution in [-0.2, 0) is 0 Å². The van der Waals surface area contributed by atoms with Gasteiger partial charge in [-0.05, 0) is 43.9 Å². The Morgan fingerprint density at radius 2 is 2.00 bits per heavy atom. The van der Waals surface area contributed by atoms with E-state index in [1.54, 1.807) is 0 Å². The van der Waals surface area contributed by atoms with Gasteiger partial charge in [0, 0.05) is 11.3 Å². The molecule has 18 heavy (non-hydrogen) atoms. The summed E-state index contributed by atoms with van der Waals surface area (Å²) in [5, 5.41) is 11.4. The molecule has 2 aliphatic carbocycles. The quantitative estimate of drug-likeness (QED) is 0.715. The normalized spacial score (nSPS) is 43.3. The van der Waals surface area contributed by atoms with Gasteiger partial charge < -0.3 is 5.11 Å². The lowest BCUT2D eigenvalue weighted by molar-refractivity contribution is -0.170. The molecule has 2 aliphatic rings. The van der Waals surface area contributed by atoms with Crippen LogP contribution < -0.4 is 0 Å². The van der Waals surface area contributed by atoms with Gasteiger partial charge in [0.1, 0.15) is 0 Å². The van der Waals surface area contributed by atoms with Crippen LogP contribution in [0, 0.1) is 16.7 Å². The van der Waals surface area contributed by atoms with Crippen molar-refractivity contribution in [3.63, 3.8) is 0 Å². The third-order valence-electron chi connectivity index (χ3n) is 5.57. The standard InChI is InChI=1S/C17H28O/c1-6-9-16(5)11-7-13(2)14-8-10-15(3,4)12-17(14,16)18/h6,14,18H,1-2,7-12H2,3-5H3/t14-,16+,17-/m0/s1. The van der Waals surface area contributed by atoms with Gasteiger partial charge in [-0.15, -0.1) is 6.58 Å². The van der Waals surface area contributed by atoms with Crippen molar-refractivity contribution in [1.29, 1.82) is 0 Å². The van der Waals surface area contributed by atoms with Crippen LogP contribution in [0.15, 0.2) is 24.8 Å². The first kappa shape index (κ1) is 13.9. The lowest BCUT2D eigenvalue weighted by atomic mass is 9.49. The molecule has 0 heterocycles. The smallest absolute Gasteiger partial charge is 0.0774 e. The number of hydrogen-bond acceptors (Lipinski definition) is 1. The first-order valence-electron chi connectivity index (χ1n) is 7.25. The average molecular weight is 248 g/mol. The van der Waals surface area contributed by atoms with E-state index in [-0.39, 0.29) is 10.8 Å². The van der Waals surface area contributed by atoms with Crippen molar-refractivity contribution in [3.8, 4) is 0 Å². The molecule has 2 rings (SSSR count). The molecule has 0 radical (unpaired) electrons. The summed E-state index contributed by atoms with van der Waals surface area (Å²) in [5.74, 6) is 0.296. The highest BCUT2D eigenvalue weighted by Crippen LogP contribution is 2.60. The van der Waals surface area contributed by atoms with Crippen molar-refractivity contribution in [2.45, 2.75) is 64.9 Å². The Balaban J connectivity index is 2.40. The molecule has 0 spiro atoms. The molecule has 0 aromatic carbocycles. The van der Waals surface area contributed by atoms with Crippen molar-refractivity contribution in [1.82, 2.24) is 0 Å². The van der Waals surface area contributed by atoms with Gasteiger partial charge in [0.25, 0.3) is 0 Å². The summed E-state index contributed by atoms with van der Waals surface area (Å²) in [6, 6.07) is 0. The second kappa shape index (κ2) is 4.23. The van der Waals surface area contributed by atoms with Crippen LogP contribution in [0.4, 0.5) is 0 Å². The van der Waals surface area contributed by atoms with Crippen LogP contribution >= 0.6 is 0 Å². The largest absolute Gasteiger partial charge is 0.389 e. The van der Waals surface area contributed by atoms with E-state index in [0.717, 1.165) is 32.1 Å². The highest BCUT2D eigenvalue weighted by Gasteiger charge is 2.58. The molecule has 1 N–H and O–H groups in total. The maximum Gasteiger partial charge on any atom is 0.0774 e. The van der Waals surface area contributed by atoms with Gasteiger partial charge in [0.2, 0.25) is 0 Å². The lowest BCUT2D eigenvalue weighted by Crippen LogP contribution is -2.59. The van der Waals surface area contributed by atoms with Crippen molar-refractivity contribution >= 4 is 0 Å². The van der Waals surface area contributed by atoms with Gasteiger partial charge in [-0.3, -0.25) is 0 Å². The molecular weight excluding hydrogens is 220 g/mol. The fourth-order valence-corrected chi connectivity index (χ4v) is 4.32. The van der Waals surface area contributed by atoms with Gasteiger partial charge in [-0.2, -0.15) is 0 Å². The zero-order chi connectivity index (χ0) is 13.6. The first-order valence-corrected chi connectivity index (χ1v) is 7.25. The zero-order valence-corrected chi connectivity index (χ0v) is 12.3. The number of hydrogen-bond donors (Lipinski definition) is 1. The predicted molar refractivity (Wildman–Crippen MR) is 77.4 cm³/mol. The maximum absolute atomic E-state index is 11.4. The van der Waals surface area contributed by atoms with Gasteiger partial charge in [0.05, 0.1) is 5.60 Å². The molecule has 0 unspecified atom stereocenters. The topological polar surface area (TPSA) is 20.2 Å². The summed E-state index contributed by atoms with van der Waals surface area (Å²) in [4.78, 5) is 0. The van der Waals surface area contributed by atoms with E-state index < -0.39 is 5.60 Å². The Labute approximate surface area is 112 Å². The highest BCUT2D eigenvalue weighted by molar-refractivity contribution is 5.21. The molecule has 0 aliphatic heterocycles. The van der Waals surface area contributed by atoms with Crippen molar-refractivity contribution in [3.05, 3.63) is 24.8 Å². The van der Waals surface area contributed by atoms with E-state index in [1.807, 2.05) is 6.08 Å². The molecule has 1 heteroatoms. The SMILES string of the molecule is C=CC[C@]1(C)CCC(=C)[C@@H]2CCC(C)(C)C[C@]21O. The highest BCUT2D eigenvalue weighted by atomic mass is 16.3. The number of fused-ring (bicyclic) bond motifs is 1. The summed E-state index contributed by atoms with van der Waals surface area (Å²) >= 11 is 0. The van der Waals surface area contributed by atoms with Crippen LogP contribution in [0.25, 0.3) is 0 Å². The number of aliphatic hydroxyl groups is 1. The van der Waals surface area contributed by atoms with Gasteiger partial charge in [-0.25, -0.2) is 0 Å². The van der Waals surface area contributed by atoms with E-state index in [4.69, 9.17) is 0 Å². The van der Waals surface area contributed by atoms with E-state index in [9.17, 15) is 5.11 Å². The van der Waals surface area contributed by atoms with Gasteiger partial charge >= 0.3 is 0 Å². The summed E-state index contributed by atoms with van der Waals surface area (Å²) in [6.45, 7) is 14.9. The molecule has 0 bridgehead atoms. The minimum atomic E-state index is -0.585. The molecular formula is C17H28O. The fourth-order valence-electron chi connectivity index (χ4n) is 4.32. The second-order valence-corrected chi connectivity index (χ2v) is 7.57. The summed E-state index contributed by atoms with van der Waals surface area (Å²) < 4.78 is 0. The van der Waals surface area contributed by atoms with Crippen LogP contribution in [0.3, 0.4) is 0 Å². The predicted octanol–water partition coefficient (Wildman–Crippen LogP) is 4.48. The van der Waals surface area contributed by atoms with Crippen LogP contribution in [0.5, 0.6) is 0 Å². The molecule has 0 saturated heterocycles. The Hall–Kier alpha value is -0.560. The van der Waals surface area contributed by atoms with Crippen molar-refractivity contribution in [2.75, 3.05) is 0 Å². The molecule has 2 saturated carbocycles. The summed E-state index contributed by atoms with van der Waals surface area (Å²) in [7, 11) is 0. The van der Waals surface area contributed by atoms with Crippen molar-refractivity contribution < 1.29 is 5.11 Å². The third kappa shape index (κ3) is 1.97. The minimum Gasteiger partial charge on any atom is -0.389 e. The average Bonchev–Trinajstić information content (AvgIpc) is 2.23. The maximum atomic E-state index is 11.4. The first-order chi connectivity index (χ1) is 8.24. The van der Waals surface area contributed by atoms with E-state index in [0.29, 0.717) is 5.92 Å². The van der Waals surface area contributed by atoms with Crippen LogP contribution in [-0.4, -0.2) is 10.7 Å². The van der Waals surface area contributed by atoms with Gasteiger partial charge in [-0.1, -0.05) is 39.0 Å². The Kier molecular flexibility index (Phi) is 3.26. The lowest BCUT2D eigenvalue weighted by Gasteiger charge is -2.59. The monoisotopic (exact) mass is 248 g/mol. The molecule has 102 valence electrons. The molecule has 0 amide bonds. The second-order valence-electron chi connectivity index (χ2n) is 7.57. The third-order valence-corrected chi connectivity index (χ3v) is 5.57. The molecule has 2 fully saturated rings. The summed E-state index contributed by atoms with van der Waals surface area (Å²) in [5.41, 5.74) is 0.900. The van der Waals surface area contributed by atoms with E-state index in [2.05, 4.69) is 33.9 Å². The molecule has 0 aromatic rings. The molecule has 3 atom stereocenters. The fraction of sp³-hybridized carbons (Fsp3) is 0.765.